The number of carbonyl (C=O) groups is 1. The maximum Gasteiger partial charge on any atom is 0.410 e. The minimum absolute atomic E-state index is 0.0238. The summed E-state index contributed by atoms with van der Waals surface area (Å²) < 4.78 is 7.34. The van der Waals surface area contributed by atoms with Crippen LogP contribution in [0.15, 0.2) is 108 Å². The molecule has 1 saturated heterocycles. The second-order valence-electron chi connectivity index (χ2n) is 10.3. The normalized spacial score (nSPS) is 13.9. The van der Waals surface area contributed by atoms with Crippen LogP contribution >= 0.6 is 0 Å². The van der Waals surface area contributed by atoms with E-state index in [0.29, 0.717) is 18.7 Å². The summed E-state index contributed by atoms with van der Waals surface area (Å²) in [5.41, 5.74) is 5.37. The van der Waals surface area contributed by atoms with Crippen LogP contribution in [0.3, 0.4) is 0 Å². The van der Waals surface area contributed by atoms with E-state index in [1.807, 2.05) is 67.7 Å². The Morgan fingerprint density at radius 1 is 0.850 bits per heavy atom. The van der Waals surface area contributed by atoms with Gasteiger partial charge in [-0.05, 0) is 70.1 Å². The number of nitrogens with zero attached hydrogens (tertiary/aromatic N) is 3. The lowest BCUT2D eigenvalue weighted by Crippen LogP contribution is -2.39. The minimum atomic E-state index is -0.291. The summed E-state index contributed by atoms with van der Waals surface area (Å²) in [4.78, 5) is 32.7. The Bertz CT molecular complexity index is 1710. The summed E-state index contributed by atoms with van der Waals surface area (Å²) in [5.74, 6) is 0.155. The molecule has 6 rings (SSSR count). The third-order valence-electron chi connectivity index (χ3n) is 7.87. The molecular formula is C34H31N3O3. The zero-order valence-corrected chi connectivity index (χ0v) is 22.5. The second-order valence-corrected chi connectivity index (χ2v) is 10.3. The molecule has 40 heavy (non-hydrogen) atoms. The van der Waals surface area contributed by atoms with Gasteiger partial charge in [0.05, 0.1) is 5.56 Å². The lowest BCUT2D eigenvalue weighted by molar-refractivity contribution is 0.0867. The third-order valence-corrected chi connectivity index (χ3v) is 7.87. The number of hydrogen-bond donors (Lipinski definition) is 0. The van der Waals surface area contributed by atoms with E-state index in [1.54, 1.807) is 21.9 Å². The number of ether oxygens (including phenoxy) is 1. The molecule has 1 aliphatic rings. The van der Waals surface area contributed by atoms with Gasteiger partial charge in [-0.2, -0.15) is 0 Å². The molecule has 6 heteroatoms. The second kappa shape index (κ2) is 11.2. The van der Waals surface area contributed by atoms with Crippen molar-refractivity contribution in [1.82, 2.24) is 14.5 Å². The molecule has 0 unspecified atom stereocenters. The predicted molar refractivity (Wildman–Crippen MR) is 158 cm³/mol. The zero-order valence-electron chi connectivity index (χ0n) is 22.5. The highest BCUT2D eigenvalue weighted by Crippen LogP contribution is 2.35. The Morgan fingerprint density at radius 2 is 1.55 bits per heavy atom. The van der Waals surface area contributed by atoms with Crippen molar-refractivity contribution < 1.29 is 9.53 Å². The van der Waals surface area contributed by atoms with Crippen molar-refractivity contribution in [3.05, 3.63) is 125 Å². The van der Waals surface area contributed by atoms with Crippen molar-refractivity contribution in [2.45, 2.75) is 25.4 Å². The number of pyridine rings is 2. The molecule has 0 spiro atoms. The number of rotatable bonds is 5. The molecule has 0 aliphatic carbocycles. The van der Waals surface area contributed by atoms with E-state index >= 15 is 0 Å². The lowest BCUT2D eigenvalue weighted by Gasteiger charge is -2.32. The Morgan fingerprint density at radius 3 is 2.30 bits per heavy atom. The maximum absolute atomic E-state index is 14.0. The van der Waals surface area contributed by atoms with E-state index in [1.165, 1.54) is 0 Å². The summed E-state index contributed by atoms with van der Waals surface area (Å²) in [7, 11) is 1.86. The first-order valence-electron chi connectivity index (χ1n) is 13.7. The van der Waals surface area contributed by atoms with Crippen molar-refractivity contribution in [3.63, 3.8) is 0 Å². The number of hydrogen-bond acceptors (Lipinski definition) is 4. The van der Waals surface area contributed by atoms with Gasteiger partial charge in [0.15, 0.2) is 0 Å². The van der Waals surface area contributed by atoms with Gasteiger partial charge in [-0.15, -0.1) is 0 Å². The number of piperidine rings is 1. The van der Waals surface area contributed by atoms with E-state index in [9.17, 15) is 9.59 Å². The molecule has 0 atom stereocenters. The minimum Gasteiger partial charge on any atom is -0.445 e. The zero-order chi connectivity index (χ0) is 27.5. The van der Waals surface area contributed by atoms with E-state index < -0.39 is 0 Å². The van der Waals surface area contributed by atoms with Crippen LogP contribution in [0, 0.1) is 0 Å². The van der Waals surface area contributed by atoms with Crippen LogP contribution in [0.4, 0.5) is 4.79 Å². The summed E-state index contributed by atoms with van der Waals surface area (Å²) >= 11 is 0. The van der Waals surface area contributed by atoms with Crippen LogP contribution in [-0.4, -0.2) is 33.6 Å². The first-order chi connectivity index (χ1) is 19.6. The SMILES string of the molecule is Cn1c(C2CCN(C(=O)OCc3ccccc3)CC2)cc(-c2ccncc2)c(-c2ccc3ccccc3c2)c1=O. The molecule has 0 bridgehead atoms. The number of fused-ring (bicyclic) bond motifs is 1. The first kappa shape index (κ1) is 25.6. The van der Waals surface area contributed by atoms with Crippen molar-refractivity contribution >= 4 is 16.9 Å². The van der Waals surface area contributed by atoms with Gasteiger partial charge < -0.3 is 14.2 Å². The molecule has 0 saturated carbocycles. The number of amides is 1. The molecule has 1 amide bonds. The molecule has 200 valence electrons. The van der Waals surface area contributed by atoms with E-state index in [-0.39, 0.29) is 24.2 Å². The molecule has 1 aliphatic heterocycles. The Balaban J connectivity index is 1.29. The van der Waals surface area contributed by atoms with Gasteiger partial charge in [0, 0.05) is 44.1 Å². The summed E-state index contributed by atoms with van der Waals surface area (Å²) in [5, 5.41) is 2.23. The van der Waals surface area contributed by atoms with Crippen molar-refractivity contribution in [3.8, 4) is 22.3 Å². The Kier molecular flexibility index (Phi) is 7.15. The highest BCUT2D eigenvalue weighted by atomic mass is 16.6. The fraction of sp³-hybridized carbons (Fsp3) is 0.206. The van der Waals surface area contributed by atoms with Gasteiger partial charge in [-0.1, -0.05) is 66.7 Å². The molecule has 5 aromatic rings. The van der Waals surface area contributed by atoms with Gasteiger partial charge in [0.1, 0.15) is 6.61 Å². The van der Waals surface area contributed by atoms with Crippen molar-refractivity contribution in [2.75, 3.05) is 13.1 Å². The number of likely N-dealkylation sites (tertiary alicyclic amines) is 1. The molecule has 6 nitrogen and oxygen atoms in total. The molecule has 3 heterocycles. The number of benzene rings is 3. The van der Waals surface area contributed by atoms with Crippen LogP contribution in [0.2, 0.25) is 0 Å². The van der Waals surface area contributed by atoms with Gasteiger partial charge >= 0.3 is 6.09 Å². The fourth-order valence-electron chi connectivity index (χ4n) is 5.66. The van der Waals surface area contributed by atoms with Gasteiger partial charge in [-0.3, -0.25) is 9.78 Å². The smallest absolute Gasteiger partial charge is 0.410 e. The maximum atomic E-state index is 14.0. The fourth-order valence-corrected chi connectivity index (χ4v) is 5.66. The molecule has 1 fully saturated rings. The third kappa shape index (κ3) is 5.13. The summed E-state index contributed by atoms with van der Waals surface area (Å²) in [6.45, 7) is 1.44. The van der Waals surface area contributed by atoms with Crippen molar-refractivity contribution in [1.29, 1.82) is 0 Å². The highest BCUT2D eigenvalue weighted by Gasteiger charge is 2.28. The van der Waals surface area contributed by atoms with E-state index in [2.05, 4.69) is 35.3 Å². The Labute approximate surface area is 233 Å². The molecular weight excluding hydrogens is 498 g/mol. The largest absolute Gasteiger partial charge is 0.445 e. The van der Waals surface area contributed by atoms with Crippen LogP contribution in [-0.2, 0) is 18.4 Å². The standard InChI is InChI=1S/C34H31N3O3/c1-36-31(27-15-19-37(20-16-27)34(39)40-23-24-7-3-2-4-8-24)22-30(26-13-17-35-18-14-26)32(33(36)38)29-12-11-25-9-5-6-10-28(25)21-29/h2-14,17-18,21-22,27H,15-16,19-20,23H2,1H3. The number of aromatic nitrogens is 2. The summed E-state index contributed by atoms with van der Waals surface area (Å²) in [6.07, 6.45) is 4.75. The average Bonchev–Trinajstić information content (AvgIpc) is 3.02. The quantitative estimate of drug-likeness (QED) is 0.252. The number of carbonyl (C=O) groups excluding carboxylic acids is 1. The molecule has 0 N–H and O–H groups in total. The van der Waals surface area contributed by atoms with Crippen LogP contribution in [0.25, 0.3) is 33.0 Å². The summed E-state index contributed by atoms with van der Waals surface area (Å²) in [6, 6.07) is 30.2. The first-order valence-corrected chi connectivity index (χ1v) is 13.7. The highest BCUT2D eigenvalue weighted by molar-refractivity contribution is 5.91. The van der Waals surface area contributed by atoms with E-state index in [4.69, 9.17) is 4.74 Å². The van der Waals surface area contributed by atoms with E-state index in [0.717, 1.165) is 51.6 Å². The molecule has 2 aromatic heterocycles. The average molecular weight is 530 g/mol. The lowest BCUT2D eigenvalue weighted by atomic mass is 9.88. The van der Waals surface area contributed by atoms with Gasteiger partial charge in [0.25, 0.3) is 5.56 Å². The molecule has 3 aromatic carbocycles. The topological polar surface area (TPSA) is 64.4 Å². The van der Waals surface area contributed by atoms with Gasteiger partial charge in [-0.25, -0.2) is 4.79 Å². The van der Waals surface area contributed by atoms with Crippen molar-refractivity contribution in [2.24, 2.45) is 7.05 Å². The predicted octanol–water partition coefficient (Wildman–Crippen LogP) is 6.78. The molecule has 0 radical (unpaired) electrons. The monoisotopic (exact) mass is 529 g/mol. The Hall–Kier alpha value is -4.71. The van der Waals surface area contributed by atoms with Crippen LogP contribution < -0.4 is 5.56 Å². The van der Waals surface area contributed by atoms with Crippen LogP contribution in [0.1, 0.15) is 30.0 Å². The van der Waals surface area contributed by atoms with Gasteiger partial charge in [0.2, 0.25) is 0 Å². The van der Waals surface area contributed by atoms with Crippen LogP contribution in [0.5, 0.6) is 0 Å².